The molecule has 1 N–H and O–H groups in total. The number of carbonyl (C=O) groups excluding carboxylic acids is 1. The van der Waals surface area contributed by atoms with Crippen LogP contribution < -0.4 is 4.90 Å². The molecule has 4 nitrogen and oxygen atoms in total. The molecule has 1 unspecified atom stereocenters. The molecule has 80 valence electrons. The fraction of sp³-hybridized carbons (Fsp3) is 0.455. The number of H-pyrrole nitrogens is 1. The summed E-state index contributed by atoms with van der Waals surface area (Å²) in [5.41, 5.74) is 2.06. The van der Waals surface area contributed by atoms with Gasteiger partial charge in [0.25, 0.3) is 0 Å². The summed E-state index contributed by atoms with van der Waals surface area (Å²) in [5.74, 6) is 1.16. The van der Waals surface area contributed by atoms with Crippen molar-refractivity contribution in [2.45, 2.75) is 20.3 Å². The molecular formula is C11H15N3O. The smallest absolute Gasteiger partial charge is 0.228 e. The van der Waals surface area contributed by atoms with Crippen LogP contribution in [0.3, 0.4) is 0 Å². The van der Waals surface area contributed by atoms with Gasteiger partial charge in [0.1, 0.15) is 0 Å². The van der Waals surface area contributed by atoms with E-state index in [9.17, 15) is 4.79 Å². The number of nitrogens with zero attached hydrogens (tertiary/aromatic N) is 2. The van der Waals surface area contributed by atoms with Gasteiger partial charge in [0.15, 0.2) is 5.82 Å². The van der Waals surface area contributed by atoms with Crippen molar-refractivity contribution < 1.29 is 4.79 Å². The van der Waals surface area contributed by atoms with Gasteiger partial charge in [-0.15, -0.1) is 6.58 Å². The maximum absolute atomic E-state index is 11.7. The lowest BCUT2D eigenvalue weighted by molar-refractivity contribution is -0.117. The Hall–Kier alpha value is -1.58. The molecule has 1 aliphatic rings. The van der Waals surface area contributed by atoms with Gasteiger partial charge in [-0.3, -0.25) is 14.8 Å². The molecule has 4 heteroatoms. The van der Waals surface area contributed by atoms with E-state index in [1.54, 1.807) is 4.90 Å². The first-order chi connectivity index (χ1) is 7.13. The molecule has 1 aliphatic heterocycles. The molecular weight excluding hydrogens is 190 g/mol. The second-order valence-corrected chi connectivity index (χ2v) is 4.00. The van der Waals surface area contributed by atoms with E-state index in [4.69, 9.17) is 0 Å². The first-order valence-corrected chi connectivity index (χ1v) is 5.08. The van der Waals surface area contributed by atoms with Crippen LogP contribution in [-0.4, -0.2) is 22.6 Å². The van der Waals surface area contributed by atoms with Crippen LogP contribution in [0, 0.1) is 19.8 Å². The zero-order valence-electron chi connectivity index (χ0n) is 9.08. The molecule has 1 fully saturated rings. The van der Waals surface area contributed by atoms with E-state index in [1.807, 2.05) is 19.9 Å². The lowest BCUT2D eigenvalue weighted by Crippen LogP contribution is -2.25. The molecule has 1 amide bonds. The number of anilines is 1. The van der Waals surface area contributed by atoms with Gasteiger partial charge >= 0.3 is 0 Å². The molecule has 1 atom stereocenters. The first-order valence-electron chi connectivity index (χ1n) is 5.08. The number of amides is 1. The van der Waals surface area contributed by atoms with Gasteiger partial charge in [-0.25, -0.2) is 0 Å². The molecule has 0 bridgehead atoms. The Labute approximate surface area is 89.0 Å². The predicted molar refractivity (Wildman–Crippen MR) is 58.7 cm³/mol. The highest BCUT2D eigenvalue weighted by molar-refractivity contribution is 5.95. The lowest BCUT2D eigenvalue weighted by atomic mass is 10.1. The SMILES string of the molecule is C=CC1CC(=O)N(c2n[nH]c(C)c2C)C1. The average molecular weight is 205 g/mol. The van der Waals surface area contributed by atoms with Crippen molar-refractivity contribution in [2.24, 2.45) is 5.92 Å². The van der Waals surface area contributed by atoms with Crippen LogP contribution in [0.15, 0.2) is 12.7 Å². The summed E-state index contributed by atoms with van der Waals surface area (Å²) in [7, 11) is 0. The molecule has 0 aromatic carbocycles. The molecule has 15 heavy (non-hydrogen) atoms. The Kier molecular flexibility index (Phi) is 2.34. The van der Waals surface area contributed by atoms with E-state index < -0.39 is 0 Å². The minimum atomic E-state index is 0.134. The summed E-state index contributed by atoms with van der Waals surface area (Å²) < 4.78 is 0. The third kappa shape index (κ3) is 1.56. The highest BCUT2D eigenvalue weighted by Crippen LogP contribution is 2.27. The van der Waals surface area contributed by atoms with Gasteiger partial charge in [0.05, 0.1) is 0 Å². The zero-order valence-corrected chi connectivity index (χ0v) is 9.08. The minimum absolute atomic E-state index is 0.134. The summed E-state index contributed by atoms with van der Waals surface area (Å²) in [4.78, 5) is 13.5. The zero-order chi connectivity index (χ0) is 11.0. The number of hydrogen-bond acceptors (Lipinski definition) is 2. The summed E-state index contributed by atoms with van der Waals surface area (Å²) in [5, 5.41) is 7.06. The third-order valence-electron chi connectivity index (χ3n) is 2.97. The van der Waals surface area contributed by atoms with E-state index in [2.05, 4.69) is 16.8 Å². The normalized spacial score (nSPS) is 21.1. The second-order valence-electron chi connectivity index (χ2n) is 4.00. The van der Waals surface area contributed by atoms with Gasteiger partial charge in [-0.2, -0.15) is 5.10 Å². The van der Waals surface area contributed by atoms with Crippen molar-refractivity contribution in [2.75, 3.05) is 11.4 Å². The number of aromatic amines is 1. The fourth-order valence-electron chi connectivity index (χ4n) is 1.83. The van der Waals surface area contributed by atoms with Gasteiger partial charge in [-0.1, -0.05) is 6.08 Å². The number of carbonyl (C=O) groups is 1. The maximum Gasteiger partial charge on any atom is 0.228 e. The molecule has 2 rings (SSSR count). The molecule has 0 radical (unpaired) electrons. The number of nitrogens with one attached hydrogen (secondary N) is 1. The van der Waals surface area contributed by atoms with Crippen LogP contribution in [0.1, 0.15) is 17.7 Å². The standard InChI is InChI=1S/C11H15N3O/c1-4-9-5-10(15)14(6-9)11-7(2)8(3)12-13-11/h4,9H,1,5-6H2,2-3H3,(H,12,13). The summed E-state index contributed by atoms with van der Waals surface area (Å²) in [6.07, 6.45) is 2.39. The van der Waals surface area contributed by atoms with Crippen LogP contribution in [0.5, 0.6) is 0 Å². The predicted octanol–water partition coefficient (Wildman–Crippen LogP) is 1.57. The molecule has 1 aromatic rings. The lowest BCUT2D eigenvalue weighted by Gasteiger charge is -2.13. The molecule has 1 saturated heterocycles. The van der Waals surface area contributed by atoms with Crippen molar-refractivity contribution in [3.05, 3.63) is 23.9 Å². The number of rotatable bonds is 2. The van der Waals surface area contributed by atoms with Crippen molar-refractivity contribution >= 4 is 11.7 Å². The Morgan fingerprint density at radius 1 is 1.60 bits per heavy atom. The van der Waals surface area contributed by atoms with Gasteiger partial charge < -0.3 is 0 Å². The highest BCUT2D eigenvalue weighted by Gasteiger charge is 2.31. The largest absolute Gasteiger partial charge is 0.294 e. The van der Waals surface area contributed by atoms with Gasteiger partial charge in [0, 0.05) is 30.1 Å². The van der Waals surface area contributed by atoms with Crippen molar-refractivity contribution in [1.29, 1.82) is 0 Å². The van der Waals surface area contributed by atoms with Crippen molar-refractivity contribution in [3.8, 4) is 0 Å². The number of aryl methyl sites for hydroxylation is 1. The van der Waals surface area contributed by atoms with Gasteiger partial charge in [0.2, 0.25) is 5.91 Å². The van der Waals surface area contributed by atoms with E-state index in [-0.39, 0.29) is 11.8 Å². The fourth-order valence-corrected chi connectivity index (χ4v) is 1.83. The van der Waals surface area contributed by atoms with E-state index in [0.29, 0.717) is 13.0 Å². The summed E-state index contributed by atoms with van der Waals surface area (Å²) in [6.45, 7) is 8.36. The summed E-state index contributed by atoms with van der Waals surface area (Å²) in [6, 6.07) is 0. The molecule has 0 spiro atoms. The van der Waals surface area contributed by atoms with Crippen LogP contribution in [-0.2, 0) is 4.79 Å². The Balaban J connectivity index is 2.29. The van der Waals surface area contributed by atoms with E-state index in [0.717, 1.165) is 17.1 Å². The molecule has 1 aromatic heterocycles. The van der Waals surface area contributed by atoms with Crippen LogP contribution in [0.25, 0.3) is 0 Å². The summed E-state index contributed by atoms with van der Waals surface area (Å²) >= 11 is 0. The topological polar surface area (TPSA) is 49.0 Å². The molecule has 0 aliphatic carbocycles. The van der Waals surface area contributed by atoms with Crippen LogP contribution >= 0.6 is 0 Å². The quantitative estimate of drug-likeness (QED) is 0.745. The van der Waals surface area contributed by atoms with E-state index >= 15 is 0 Å². The number of aromatic nitrogens is 2. The average Bonchev–Trinajstić information content (AvgIpc) is 2.73. The maximum atomic E-state index is 11.7. The highest BCUT2D eigenvalue weighted by atomic mass is 16.2. The van der Waals surface area contributed by atoms with E-state index in [1.165, 1.54) is 0 Å². The molecule has 2 heterocycles. The monoisotopic (exact) mass is 205 g/mol. The third-order valence-corrected chi connectivity index (χ3v) is 2.97. The first kappa shape index (κ1) is 9.96. The Morgan fingerprint density at radius 3 is 2.80 bits per heavy atom. The Bertz CT molecular complexity index is 408. The van der Waals surface area contributed by atoms with Crippen molar-refractivity contribution in [3.63, 3.8) is 0 Å². The minimum Gasteiger partial charge on any atom is -0.294 e. The van der Waals surface area contributed by atoms with Crippen LogP contribution in [0.4, 0.5) is 5.82 Å². The van der Waals surface area contributed by atoms with Gasteiger partial charge in [-0.05, 0) is 13.8 Å². The molecule has 0 saturated carbocycles. The second kappa shape index (κ2) is 3.53. The van der Waals surface area contributed by atoms with Crippen molar-refractivity contribution in [1.82, 2.24) is 10.2 Å². The number of hydrogen-bond donors (Lipinski definition) is 1. The van der Waals surface area contributed by atoms with Crippen LogP contribution in [0.2, 0.25) is 0 Å². The Morgan fingerprint density at radius 2 is 2.33 bits per heavy atom.